The first-order chi connectivity index (χ1) is 11.1. The van der Waals surface area contributed by atoms with E-state index in [1.807, 2.05) is 6.07 Å². The zero-order valence-electron chi connectivity index (χ0n) is 13.8. The molecule has 23 heavy (non-hydrogen) atoms. The van der Waals surface area contributed by atoms with Gasteiger partial charge in [0.2, 0.25) is 0 Å². The number of rotatable bonds is 7. The van der Waals surface area contributed by atoms with Crippen molar-refractivity contribution >= 4 is 6.03 Å². The number of aliphatic hydroxyl groups excluding tert-OH is 1. The molecule has 0 bridgehead atoms. The predicted octanol–water partition coefficient (Wildman–Crippen LogP) is 0.183. The van der Waals surface area contributed by atoms with Crippen LogP contribution >= 0.6 is 0 Å². The maximum atomic E-state index is 11.8. The molecule has 6 nitrogen and oxygen atoms in total. The molecule has 1 saturated heterocycles. The molecule has 6 heteroatoms. The van der Waals surface area contributed by atoms with Crippen molar-refractivity contribution in [2.45, 2.75) is 25.0 Å². The first-order valence-corrected chi connectivity index (χ1v) is 8.31. The third-order valence-corrected chi connectivity index (χ3v) is 4.17. The monoisotopic (exact) mass is 320 g/mol. The molecule has 0 radical (unpaired) electrons. The number of carbonyl (C=O) groups excluding carboxylic acids is 1. The van der Waals surface area contributed by atoms with Gasteiger partial charge in [0.15, 0.2) is 0 Å². The van der Waals surface area contributed by atoms with Crippen molar-refractivity contribution in [3.8, 4) is 0 Å². The average molecular weight is 320 g/mol. The smallest absolute Gasteiger partial charge is 0.315 e. The van der Waals surface area contributed by atoms with Crippen molar-refractivity contribution in [1.29, 1.82) is 0 Å². The number of hydrogen-bond acceptors (Lipinski definition) is 4. The number of nitrogens with one attached hydrogen (secondary N) is 3. The molecule has 4 N–H and O–H groups in total. The summed E-state index contributed by atoms with van der Waals surface area (Å²) in [5.74, 6) is 0. The first kappa shape index (κ1) is 17.7. The Hall–Kier alpha value is -1.63. The number of amides is 2. The Labute approximate surface area is 138 Å². The second kappa shape index (κ2) is 9.50. The van der Waals surface area contributed by atoms with Gasteiger partial charge in [-0.1, -0.05) is 30.3 Å². The van der Waals surface area contributed by atoms with Gasteiger partial charge in [-0.2, -0.15) is 0 Å². The third kappa shape index (κ3) is 6.56. The van der Waals surface area contributed by atoms with Gasteiger partial charge in [0.05, 0.1) is 12.1 Å². The highest BCUT2D eigenvalue weighted by Crippen LogP contribution is 2.03. The van der Waals surface area contributed by atoms with Crippen LogP contribution in [0.15, 0.2) is 30.3 Å². The third-order valence-electron chi connectivity index (χ3n) is 4.17. The van der Waals surface area contributed by atoms with Gasteiger partial charge in [0, 0.05) is 26.2 Å². The van der Waals surface area contributed by atoms with Gasteiger partial charge in [-0.15, -0.1) is 0 Å². The van der Waals surface area contributed by atoms with Crippen molar-refractivity contribution in [3.63, 3.8) is 0 Å². The van der Waals surface area contributed by atoms with Gasteiger partial charge in [0.1, 0.15) is 0 Å². The minimum Gasteiger partial charge on any atom is -0.390 e. The molecule has 0 aromatic heterocycles. The van der Waals surface area contributed by atoms with Crippen LogP contribution in [0.25, 0.3) is 0 Å². The molecular weight excluding hydrogens is 292 g/mol. The van der Waals surface area contributed by atoms with E-state index in [0.29, 0.717) is 13.1 Å². The largest absolute Gasteiger partial charge is 0.390 e. The predicted molar refractivity (Wildman–Crippen MR) is 91.5 cm³/mol. The highest BCUT2D eigenvalue weighted by Gasteiger charge is 2.23. The lowest BCUT2D eigenvalue weighted by Crippen LogP contribution is -2.55. The van der Waals surface area contributed by atoms with E-state index in [4.69, 9.17) is 0 Å². The summed E-state index contributed by atoms with van der Waals surface area (Å²) in [6, 6.07) is 10.0. The maximum Gasteiger partial charge on any atom is 0.315 e. The van der Waals surface area contributed by atoms with Gasteiger partial charge < -0.3 is 26.0 Å². The van der Waals surface area contributed by atoms with Crippen LogP contribution < -0.4 is 16.0 Å². The van der Waals surface area contributed by atoms with Crippen LogP contribution in [0.5, 0.6) is 0 Å². The van der Waals surface area contributed by atoms with E-state index in [9.17, 15) is 9.90 Å². The van der Waals surface area contributed by atoms with Crippen molar-refractivity contribution in [3.05, 3.63) is 35.9 Å². The highest BCUT2D eigenvalue weighted by atomic mass is 16.3. The van der Waals surface area contributed by atoms with Gasteiger partial charge in [-0.3, -0.25) is 0 Å². The van der Waals surface area contributed by atoms with Crippen LogP contribution in [0.3, 0.4) is 0 Å². The van der Waals surface area contributed by atoms with Gasteiger partial charge in [-0.05, 0) is 32.0 Å². The Bertz CT molecular complexity index is 469. The molecular formula is C17H28N4O2. The second-order valence-corrected chi connectivity index (χ2v) is 6.11. The van der Waals surface area contributed by atoms with Crippen molar-refractivity contribution < 1.29 is 9.90 Å². The number of β-amino-alcohol motifs (C(OH)–C–C–N with tert-alkyl or cyclic N) is 1. The van der Waals surface area contributed by atoms with Crippen molar-refractivity contribution in [1.82, 2.24) is 20.9 Å². The summed E-state index contributed by atoms with van der Waals surface area (Å²) in [7, 11) is 2.05. The minimum absolute atomic E-state index is 0.160. The Morgan fingerprint density at radius 3 is 2.87 bits per heavy atom. The molecule has 128 valence electrons. The van der Waals surface area contributed by atoms with Crippen LogP contribution in [0.1, 0.15) is 12.0 Å². The summed E-state index contributed by atoms with van der Waals surface area (Å²) in [6.45, 7) is 3.71. The fraction of sp³-hybridized carbons (Fsp3) is 0.588. The lowest BCUT2D eigenvalue weighted by molar-refractivity contribution is 0.106. The number of piperidine rings is 1. The van der Waals surface area contributed by atoms with Crippen LogP contribution in [-0.4, -0.2) is 68.0 Å². The molecule has 0 spiro atoms. The molecule has 0 unspecified atom stereocenters. The van der Waals surface area contributed by atoms with Crippen molar-refractivity contribution in [2.75, 3.05) is 39.8 Å². The second-order valence-electron chi connectivity index (χ2n) is 6.11. The molecule has 2 atom stereocenters. The number of nitrogens with zero attached hydrogens (tertiary/aromatic N) is 1. The summed E-state index contributed by atoms with van der Waals surface area (Å²) >= 11 is 0. The molecule has 1 aliphatic rings. The van der Waals surface area contributed by atoms with E-state index >= 15 is 0 Å². The Morgan fingerprint density at radius 1 is 1.35 bits per heavy atom. The normalized spacial score (nSPS) is 21.2. The fourth-order valence-corrected chi connectivity index (χ4v) is 2.67. The lowest BCUT2D eigenvalue weighted by atomic mass is 10.0. The van der Waals surface area contributed by atoms with E-state index in [1.54, 1.807) is 0 Å². The number of urea groups is 1. The van der Waals surface area contributed by atoms with Crippen LogP contribution in [0, 0.1) is 0 Å². The molecule has 1 aromatic rings. The van der Waals surface area contributed by atoms with Crippen molar-refractivity contribution in [2.24, 2.45) is 0 Å². The summed E-state index contributed by atoms with van der Waals surface area (Å²) in [6.07, 6.45) is 1.25. The van der Waals surface area contributed by atoms with E-state index in [-0.39, 0.29) is 12.1 Å². The molecule has 2 amide bonds. The van der Waals surface area contributed by atoms with Crippen LogP contribution in [-0.2, 0) is 6.42 Å². The fourth-order valence-electron chi connectivity index (χ4n) is 2.67. The topological polar surface area (TPSA) is 76.6 Å². The number of carbonyl (C=O) groups is 1. The zero-order valence-corrected chi connectivity index (χ0v) is 13.8. The summed E-state index contributed by atoms with van der Waals surface area (Å²) < 4.78 is 0. The number of likely N-dealkylation sites (N-methyl/N-ethyl adjacent to an activating group) is 1. The molecule has 1 heterocycles. The first-order valence-electron chi connectivity index (χ1n) is 8.31. The SMILES string of the molecule is CN(CCNC(=O)N[C@@H]1CCNC[C@H]1O)CCc1ccccc1. The number of benzene rings is 1. The number of hydrogen-bond donors (Lipinski definition) is 4. The van der Waals surface area contributed by atoms with Crippen LogP contribution in [0.2, 0.25) is 0 Å². The molecule has 0 aliphatic carbocycles. The van der Waals surface area contributed by atoms with E-state index in [1.165, 1.54) is 5.56 Å². The Kier molecular flexibility index (Phi) is 7.32. The van der Waals surface area contributed by atoms with Crippen LogP contribution in [0.4, 0.5) is 4.79 Å². The van der Waals surface area contributed by atoms with Gasteiger partial charge >= 0.3 is 6.03 Å². The van der Waals surface area contributed by atoms with Gasteiger partial charge in [0.25, 0.3) is 0 Å². The lowest BCUT2D eigenvalue weighted by Gasteiger charge is -2.29. The van der Waals surface area contributed by atoms with E-state index in [0.717, 1.165) is 32.5 Å². The molecule has 1 aliphatic heterocycles. The molecule has 0 saturated carbocycles. The molecule has 1 fully saturated rings. The highest BCUT2D eigenvalue weighted by molar-refractivity contribution is 5.74. The van der Waals surface area contributed by atoms with Gasteiger partial charge in [-0.25, -0.2) is 4.79 Å². The summed E-state index contributed by atoms with van der Waals surface area (Å²) in [4.78, 5) is 14.0. The standard InChI is InChI=1S/C17H28N4O2/c1-21(11-8-14-5-3-2-4-6-14)12-10-19-17(23)20-15-7-9-18-13-16(15)22/h2-6,15-16,18,22H,7-13H2,1H3,(H2,19,20,23)/t15-,16-/m1/s1. The molecule has 1 aromatic carbocycles. The number of aliphatic hydroxyl groups is 1. The quantitative estimate of drug-likeness (QED) is 0.578. The maximum absolute atomic E-state index is 11.8. The van der Waals surface area contributed by atoms with E-state index in [2.05, 4.69) is 52.2 Å². The summed E-state index contributed by atoms with van der Waals surface area (Å²) in [5, 5.41) is 18.6. The van der Waals surface area contributed by atoms with E-state index < -0.39 is 6.10 Å². The Morgan fingerprint density at radius 2 is 2.13 bits per heavy atom. The zero-order chi connectivity index (χ0) is 16.5. The molecule has 2 rings (SSSR count). The Balaban J connectivity index is 1.57. The minimum atomic E-state index is -0.511. The average Bonchev–Trinajstić information content (AvgIpc) is 2.56. The summed E-state index contributed by atoms with van der Waals surface area (Å²) in [5.41, 5.74) is 1.32.